The van der Waals surface area contributed by atoms with Gasteiger partial charge in [0.1, 0.15) is 5.56 Å². The van der Waals surface area contributed by atoms with Crippen molar-refractivity contribution in [2.75, 3.05) is 0 Å². The van der Waals surface area contributed by atoms with Gasteiger partial charge in [-0.3, -0.25) is 14.3 Å². The smallest absolute Gasteiger partial charge is 0.331 e. The van der Waals surface area contributed by atoms with Crippen LogP contribution in [0.1, 0.15) is 31.7 Å². The molecule has 112 valence electrons. The molecule has 0 spiro atoms. The van der Waals surface area contributed by atoms with Gasteiger partial charge in [-0.2, -0.15) is 0 Å². The molecule has 2 aromatic rings. The number of aromatic hydroxyl groups is 1. The van der Waals surface area contributed by atoms with Crippen molar-refractivity contribution in [3.63, 3.8) is 0 Å². The van der Waals surface area contributed by atoms with Gasteiger partial charge in [0, 0.05) is 6.54 Å². The summed E-state index contributed by atoms with van der Waals surface area (Å²) in [6.45, 7) is 4.32. The largest absolute Gasteiger partial charge is 0.494 e. The Kier molecular flexibility index (Phi) is 4.62. The monoisotopic (exact) mass is 288 g/mol. The average Bonchev–Trinajstić information content (AvgIpc) is 2.44. The lowest BCUT2D eigenvalue weighted by molar-refractivity contribution is 0.396. The third-order valence-corrected chi connectivity index (χ3v) is 3.57. The van der Waals surface area contributed by atoms with E-state index in [-0.39, 0.29) is 11.4 Å². The van der Waals surface area contributed by atoms with Crippen molar-refractivity contribution in [1.29, 1.82) is 0 Å². The van der Waals surface area contributed by atoms with Crippen LogP contribution in [0, 0.1) is 6.92 Å². The van der Waals surface area contributed by atoms with Gasteiger partial charge in [0.05, 0.1) is 0 Å². The highest BCUT2D eigenvalue weighted by Gasteiger charge is 2.16. The molecule has 0 aliphatic heterocycles. The van der Waals surface area contributed by atoms with Gasteiger partial charge in [0.2, 0.25) is 5.88 Å². The molecule has 0 saturated heterocycles. The second kappa shape index (κ2) is 6.43. The number of aromatic nitrogens is 2. The van der Waals surface area contributed by atoms with E-state index in [2.05, 4.69) is 11.9 Å². The summed E-state index contributed by atoms with van der Waals surface area (Å²) in [4.78, 5) is 26.2. The third kappa shape index (κ3) is 3.07. The zero-order valence-electron chi connectivity index (χ0n) is 12.3. The summed E-state index contributed by atoms with van der Waals surface area (Å²) in [6.07, 6.45) is 2.76. The zero-order chi connectivity index (χ0) is 15.4. The predicted octanol–water partition coefficient (Wildman–Crippen LogP) is 2.41. The lowest BCUT2D eigenvalue weighted by Gasteiger charge is -2.12. The molecule has 5 heteroatoms. The number of hydrogen-bond donors (Lipinski definition) is 2. The molecule has 0 bridgehead atoms. The Morgan fingerprint density at radius 1 is 1.19 bits per heavy atom. The molecule has 0 fully saturated rings. The second-order valence-corrected chi connectivity index (χ2v) is 5.13. The van der Waals surface area contributed by atoms with E-state index in [1.165, 1.54) is 4.57 Å². The molecular weight excluding hydrogens is 268 g/mol. The van der Waals surface area contributed by atoms with Gasteiger partial charge in [-0.25, -0.2) is 4.79 Å². The summed E-state index contributed by atoms with van der Waals surface area (Å²) < 4.78 is 1.23. The fraction of sp³-hybridized carbons (Fsp3) is 0.375. The van der Waals surface area contributed by atoms with Crippen LogP contribution in [0.2, 0.25) is 0 Å². The van der Waals surface area contributed by atoms with Crippen molar-refractivity contribution in [1.82, 2.24) is 9.55 Å². The van der Waals surface area contributed by atoms with E-state index in [4.69, 9.17) is 0 Å². The fourth-order valence-electron chi connectivity index (χ4n) is 2.38. The Labute approximate surface area is 122 Å². The quantitative estimate of drug-likeness (QED) is 0.830. The number of unbranched alkanes of at least 4 members (excludes halogenated alkanes) is 2. The van der Waals surface area contributed by atoms with Crippen LogP contribution in [0.15, 0.2) is 33.9 Å². The number of nitrogens with one attached hydrogen (secondary N) is 1. The molecule has 1 heterocycles. The van der Waals surface area contributed by atoms with Crippen molar-refractivity contribution in [3.05, 3.63) is 50.7 Å². The Morgan fingerprint density at radius 2 is 1.90 bits per heavy atom. The number of nitrogens with zero attached hydrogens (tertiary/aromatic N) is 1. The molecule has 2 rings (SSSR count). The van der Waals surface area contributed by atoms with Crippen LogP contribution >= 0.6 is 0 Å². The first kappa shape index (κ1) is 15.1. The van der Waals surface area contributed by atoms with Gasteiger partial charge < -0.3 is 5.11 Å². The highest BCUT2D eigenvalue weighted by Crippen LogP contribution is 2.26. The minimum atomic E-state index is -0.564. The van der Waals surface area contributed by atoms with Crippen LogP contribution in [0.3, 0.4) is 0 Å². The molecule has 1 aromatic carbocycles. The number of hydrogen-bond acceptors (Lipinski definition) is 3. The Balaban J connectivity index is 2.57. The van der Waals surface area contributed by atoms with Crippen molar-refractivity contribution in [2.45, 2.75) is 39.7 Å². The molecule has 0 aliphatic carbocycles. The SMILES string of the molecule is CCCCCn1c(O)c(-c2ccccc2C)c(=O)[nH]c1=O. The molecule has 0 aliphatic rings. The van der Waals surface area contributed by atoms with E-state index in [1.807, 2.05) is 19.1 Å². The van der Waals surface area contributed by atoms with E-state index in [9.17, 15) is 14.7 Å². The maximum atomic E-state index is 12.1. The minimum Gasteiger partial charge on any atom is -0.494 e. The molecule has 1 aromatic heterocycles. The zero-order valence-corrected chi connectivity index (χ0v) is 12.3. The van der Waals surface area contributed by atoms with Crippen molar-refractivity contribution in [2.24, 2.45) is 0 Å². The van der Waals surface area contributed by atoms with Crippen LogP contribution < -0.4 is 11.2 Å². The summed E-state index contributed by atoms with van der Waals surface area (Å²) in [5, 5.41) is 10.4. The standard InChI is InChI=1S/C16H20N2O3/c1-3-4-7-10-18-15(20)13(14(19)17-16(18)21)12-9-6-5-8-11(12)2/h5-6,8-9,20H,3-4,7,10H2,1-2H3,(H,17,19,21). The number of benzene rings is 1. The molecular formula is C16H20N2O3. The van der Waals surface area contributed by atoms with Crippen molar-refractivity contribution >= 4 is 0 Å². The van der Waals surface area contributed by atoms with Gasteiger partial charge >= 0.3 is 5.69 Å². The van der Waals surface area contributed by atoms with Gasteiger partial charge in [-0.1, -0.05) is 44.0 Å². The average molecular weight is 288 g/mol. The van der Waals surface area contributed by atoms with Gasteiger partial charge in [-0.05, 0) is 24.5 Å². The third-order valence-electron chi connectivity index (χ3n) is 3.57. The van der Waals surface area contributed by atoms with Gasteiger partial charge in [0.25, 0.3) is 5.56 Å². The van der Waals surface area contributed by atoms with Crippen LogP contribution in [0.25, 0.3) is 11.1 Å². The second-order valence-electron chi connectivity index (χ2n) is 5.13. The maximum Gasteiger partial charge on any atom is 0.331 e. The maximum absolute atomic E-state index is 12.1. The molecule has 0 amide bonds. The summed E-state index contributed by atoms with van der Waals surface area (Å²) >= 11 is 0. The van der Waals surface area contributed by atoms with Crippen LogP contribution in [0.4, 0.5) is 0 Å². The molecule has 0 saturated carbocycles. The van der Waals surface area contributed by atoms with E-state index in [0.717, 1.165) is 24.8 Å². The molecule has 0 unspecified atom stereocenters. The summed E-state index contributed by atoms with van der Waals surface area (Å²) in [6, 6.07) is 7.29. The van der Waals surface area contributed by atoms with E-state index < -0.39 is 11.2 Å². The Hall–Kier alpha value is -2.30. The Bertz CT molecular complexity index is 744. The fourth-order valence-corrected chi connectivity index (χ4v) is 2.38. The number of aryl methyl sites for hydroxylation is 1. The Morgan fingerprint density at radius 3 is 2.57 bits per heavy atom. The van der Waals surface area contributed by atoms with E-state index >= 15 is 0 Å². The van der Waals surface area contributed by atoms with Gasteiger partial charge in [0.15, 0.2) is 0 Å². The number of rotatable bonds is 5. The van der Waals surface area contributed by atoms with Crippen LogP contribution in [-0.4, -0.2) is 14.7 Å². The molecule has 0 atom stereocenters. The minimum absolute atomic E-state index is 0.157. The topological polar surface area (TPSA) is 75.1 Å². The lowest BCUT2D eigenvalue weighted by Crippen LogP contribution is -2.31. The first-order valence-corrected chi connectivity index (χ1v) is 7.18. The highest BCUT2D eigenvalue weighted by molar-refractivity contribution is 5.70. The summed E-state index contributed by atoms with van der Waals surface area (Å²) in [7, 11) is 0. The highest BCUT2D eigenvalue weighted by atomic mass is 16.3. The van der Waals surface area contributed by atoms with Crippen molar-refractivity contribution < 1.29 is 5.11 Å². The van der Waals surface area contributed by atoms with Crippen molar-refractivity contribution in [3.8, 4) is 17.0 Å². The molecule has 21 heavy (non-hydrogen) atoms. The predicted molar refractivity (Wildman–Crippen MR) is 82.7 cm³/mol. The first-order chi connectivity index (χ1) is 10.1. The summed E-state index contributed by atoms with van der Waals surface area (Å²) in [5.41, 5.74) is 0.547. The van der Waals surface area contributed by atoms with E-state index in [1.54, 1.807) is 12.1 Å². The molecule has 0 radical (unpaired) electrons. The van der Waals surface area contributed by atoms with E-state index in [0.29, 0.717) is 12.1 Å². The number of aromatic amines is 1. The van der Waals surface area contributed by atoms with Crippen LogP contribution in [-0.2, 0) is 6.54 Å². The first-order valence-electron chi connectivity index (χ1n) is 7.18. The lowest BCUT2D eigenvalue weighted by atomic mass is 10.0. The van der Waals surface area contributed by atoms with Gasteiger partial charge in [-0.15, -0.1) is 0 Å². The molecule has 2 N–H and O–H groups in total. The number of H-pyrrole nitrogens is 1. The normalized spacial score (nSPS) is 10.8. The van der Waals surface area contributed by atoms with Crippen LogP contribution in [0.5, 0.6) is 5.88 Å². The molecule has 5 nitrogen and oxygen atoms in total. The summed E-state index contributed by atoms with van der Waals surface area (Å²) in [5.74, 6) is -0.255.